The fourth-order valence-corrected chi connectivity index (χ4v) is 2.84. The number of aliphatic carboxylic acids is 1. The number of Topliss-reactive ketones (excluding diaryl/α,β-unsaturated/α-hetero) is 1. The molecule has 1 aromatic carbocycles. The number of hydrogen-bond donors (Lipinski definition) is 1. The fourth-order valence-electron chi connectivity index (χ4n) is 2.03. The lowest BCUT2D eigenvalue weighted by atomic mass is 10.1. The first-order valence-electron chi connectivity index (χ1n) is 6.93. The summed E-state index contributed by atoms with van der Waals surface area (Å²) >= 11 is 1.43. The lowest BCUT2D eigenvalue weighted by Gasteiger charge is -2.08. The Morgan fingerprint density at radius 1 is 1.17 bits per heavy atom. The van der Waals surface area contributed by atoms with Crippen LogP contribution >= 0.6 is 11.3 Å². The van der Waals surface area contributed by atoms with Crippen LogP contribution in [0.1, 0.15) is 18.5 Å². The number of benzene rings is 1. The Balaban J connectivity index is 2.10. The monoisotopic (exact) mass is 335 g/mol. The molecule has 0 bridgehead atoms. The molecule has 2 aromatic rings. The van der Waals surface area contributed by atoms with Gasteiger partial charge in [-0.1, -0.05) is 0 Å². The zero-order valence-corrected chi connectivity index (χ0v) is 13.7. The van der Waals surface area contributed by atoms with Crippen molar-refractivity contribution in [1.82, 2.24) is 4.98 Å². The molecular formula is C16H17NO5S. The van der Waals surface area contributed by atoms with E-state index in [1.165, 1.54) is 11.3 Å². The molecule has 0 spiro atoms. The minimum Gasteiger partial charge on any atom is -0.493 e. The number of rotatable bonds is 8. The van der Waals surface area contributed by atoms with Crippen LogP contribution in [0.3, 0.4) is 0 Å². The minimum atomic E-state index is -0.970. The van der Waals surface area contributed by atoms with Gasteiger partial charge in [0.1, 0.15) is 10.8 Å². The normalized spacial score (nSPS) is 10.3. The van der Waals surface area contributed by atoms with Gasteiger partial charge in [-0.05, 0) is 18.2 Å². The van der Waals surface area contributed by atoms with Crippen LogP contribution in [0.15, 0.2) is 23.6 Å². The molecule has 1 aromatic heterocycles. The molecule has 0 atom stereocenters. The number of aromatic nitrogens is 1. The lowest BCUT2D eigenvalue weighted by molar-refractivity contribution is -0.138. The van der Waals surface area contributed by atoms with Gasteiger partial charge < -0.3 is 14.6 Å². The summed E-state index contributed by atoms with van der Waals surface area (Å²) in [4.78, 5) is 26.6. The number of carboxylic acid groups (broad SMARTS) is 1. The molecule has 0 radical (unpaired) electrons. The van der Waals surface area contributed by atoms with Crippen LogP contribution in [-0.2, 0) is 16.0 Å². The molecule has 0 saturated carbocycles. The van der Waals surface area contributed by atoms with E-state index in [4.69, 9.17) is 14.6 Å². The third kappa shape index (κ3) is 4.53. The highest BCUT2D eigenvalue weighted by Gasteiger charge is 2.12. The predicted molar refractivity (Wildman–Crippen MR) is 86.2 cm³/mol. The van der Waals surface area contributed by atoms with E-state index in [9.17, 15) is 9.59 Å². The Kier molecular flexibility index (Phi) is 5.70. The van der Waals surface area contributed by atoms with E-state index in [1.807, 2.05) is 17.5 Å². The SMILES string of the molecule is COc1ccc(-c2nc(CC(=O)CCC(=O)O)cs2)cc1OC. The molecule has 2 rings (SSSR count). The van der Waals surface area contributed by atoms with E-state index in [-0.39, 0.29) is 25.0 Å². The predicted octanol–water partition coefficient (Wildman–Crippen LogP) is 2.80. The Bertz CT molecular complexity index is 710. The minimum absolute atomic E-state index is 0.0263. The van der Waals surface area contributed by atoms with Gasteiger partial charge >= 0.3 is 5.97 Å². The van der Waals surface area contributed by atoms with E-state index in [0.717, 1.165) is 10.6 Å². The molecule has 122 valence electrons. The summed E-state index contributed by atoms with van der Waals surface area (Å²) in [6.07, 6.45) is 0.0289. The summed E-state index contributed by atoms with van der Waals surface area (Å²) in [5, 5.41) is 11.2. The van der Waals surface area contributed by atoms with Gasteiger partial charge in [-0.15, -0.1) is 11.3 Å². The number of carbonyl (C=O) groups excluding carboxylic acids is 1. The fraction of sp³-hybridized carbons (Fsp3) is 0.312. The van der Waals surface area contributed by atoms with Gasteiger partial charge in [0.05, 0.1) is 26.3 Å². The number of carboxylic acids is 1. The summed E-state index contributed by atoms with van der Waals surface area (Å²) in [5.41, 5.74) is 1.52. The highest BCUT2D eigenvalue weighted by atomic mass is 32.1. The maximum atomic E-state index is 11.7. The third-order valence-corrected chi connectivity index (χ3v) is 4.12. The summed E-state index contributed by atoms with van der Waals surface area (Å²) in [6.45, 7) is 0. The molecule has 1 heterocycles. The lowest BCUT2D eigenvalue weighted by Crippen LogP contribution is -2.06. The molecule has 0 aliphatic carbocycles. The van der Waals surface area contributed by atoms with Crippen molar-refractivity contribution in [3.63, 3.8) is 0 Å². The molecule has 0 fully saturated rings. The average Bonchev–Trinajstić information content (AvgIpc) is 3.00. The number of ketones is 1. The topological polar surface area (TPSA) is 85.7 Å². The van der Waals surface area contributed by atoms with Gasteiger partial charge in [0.15, 0.2) is 11.5 Å². The van der Waals surface area contributed by atoms with E-state index < -0.39 is 5.97 Å². The van der Waals surface area contributed by atoms with Gasteiger partial charge in [0.25, 0.3) is 0 Å². The summed E-state index contributed by atoms with van der Waals surface area (Å²) < 4.78 is 10.5. The van der Waals surface area contributed by atoms with Crippen molar-refractivity contribution in [2.45, 2.75) is 19.3 Å². The van der Waals surface area contributed by atoms with E-state index in [1.54, 1.807) is 20.3 Å². The van der Waals surface area contributed by atoms with Gasteiger partial charge in [-0.25, -0.2) is 4.98 Å². The first kappa shape index (κ1) is 17.0. The van der Waals surface area contributed by atoms with Crippen LogP contribution in [0.5, 0.6) is 11.5 Å². The molecule has 7 heteroatoms. The highest BCUT2D eigenvalue weighted by Crippen LogP contribution is 2.33. The molecule has 0 aliphatic heterocycles. The van der Waals surface area contributed by atoms with E-state index in [2.05, 4.69) is 4.98 Å². The van der Waals surface area contributed by atoms with Crippen molar-refractivity contribution in [2.75, 3.05) is 14.2 Å². The standard InChI is InChI=1S/C16H17NO5S/c1-21-13-5-3-10(7-14(13)22-2)16-17-11(9-23-16)8-12(18)4-6-15(19)20/h3,5,7,9H,4,6,8H2,1-2H3,(H,19,20). The smallest absolute Gasteiger partial charge is 0.303 e. The highest BCUT2D eigenvalue weighted by molar-refractivity contribution is 7.13. The van der Waals surface area contributed by atoms with Gasteiger partial charge in [-0.3, -0.25) is 9.59 Å². The summed E-state index contributed by atoms with van der Waals surface area (Å²) in [7, 11) is 3.14. The maximum Gasteiger partial charge on any atom is 0.303 e. The van der Waals surface area contributed by atoms with Crippen LogP contribution in [0, 0.1) is 0 Å². The second-order valence-electron chi connectivity index (χ2n) is 4.82. The number of methoxy groups -OCH3 is 2. The molecular weight excluding hydrogens is 318 g/mol. The third-order valence-electron chi connectivity index (χ3n) is 3.18. The Morgan fingerprint density at radius 3 is 2.57 bits per heavy atom. The zero-order valence-electron chi connectivity index (χ0n) is 12.9. The van der Waals surface area contributed by atoms with Crippen LogP contribution in [0.25, 0.3) is 10.6 Å². The van der Waals surface area contributed by atoms with Crippen molar-refractivity contribution in [2.24, 2.45) is 0 Å². The van der Waals surface area contributed by atoms with Crippen molar-refractivity contribution >= 4 is 23.1 Å². The van der Waals surface area contributed by atoms with Crippen LogP contribution < -0.4 is 9.47 Å². The molecule has 0 saturated heterocycles. The van der Waals surface area contributed by atoms with Crippen molar-refractivity contribution in [3.05, 3.63) is 29.3 Å². The molecule has 1 N–H and O–H groups in total. The van der Waals surface area contributed by atoms with Crippen molar-refractivity contribution in [1.29, 1.82) is 0 Å². The number of ether oxygens (including phenoxy) is 2. The van der Waals surface area contributed by atoms with Crippen molar-refractivity contribution < 1.29 is 24.2 Å². The van der Waals surface area contributed by atoms with Crippen LogP contribution in [0.2, 0.25) is 0 Å². The van der Waals surface area contributed by atoms with Gasteiger partial charge in [0.2, 0.25) is 0 Å². The van der Waals surface area contributed by atoms with Gasteiger partial charge in [-0.2, -0.15) is 0 Å². The molecule has 0 amide bonds. The summed E-state index contributed by atoms with van der Waals surface area (Å²) in [5.74, 6) is 0.148. The molecule has 6 nitrogen and oxygen atoms in total. The Labute approximate surface area is 137 Å². The largest absolute Gasteiger partial charge is 0.493 e. The Morgan fingerprint density at radius 2 is 1.91 bits per heavy atom. The number of carbonyl (C=O) groups is 2. The molecule has 0 unspecified atom stereocenters. The second kappa shape index (κ2) is 7.73. The number of hydrogen-bond acceptors (Lipinski definition) is 6. The zero-order chi connectivity index (χ0) is 16.8. The number of nitrogens with zero attached hydrogens (tertiary/aromatic N) is 1. The maximum absolute atomic E-state index is 11.7. The first-order valence-corrected chi connectivity index (χ1v) is 7.81. The van der Waals surface area contributed by atoms with Crippen LogP contribution in [-0.4, -0.2) is 36.1 Å². The van der Waals surface area contributed by atoms with E-state index >= 15 is 0 Å². The van der Waals surface area contributed by atoms with Crippen LogP contribution in [0.4, 0.5) is 0 Å². The molecule has 0 aliphatic rings. The average molecular weight is 335 g/mol. The van der Waals surface area contributed by atoms with Gasteiger partial charge in [0, 0.05) is 23.8 Å². The quantitative estimate of drug-likeness (QED) is 0.798. The second-order valence-corrected chi connectivity index (χ2v) is 5.68. The summed E-state index contributed by atoms with van der Waals surface area (Å²) in [6, 6.07) is 5.50. The van der Waals surface area contributed by atoms with Crippen molar-refractivity contribution in [3.8, 4) is 22.1 Å². The Hall–Kier alpha value is -2.41. The van der Waals surface area contributed by atoms with E-state index in [0.29, 0.717) is 17.2 Å². The first-order chi connectivity index (χ1) is 11.0. The molecule has 23 heavy (non-hydrogen) atoms. The number of thiazole rings is 1.